The standard InChI is InChI=1S/C4H8N2O3.C2H6N2O/c5-2(4(8)9)1-3(6)7;3-1-2(4)5/h2H,1,5H2,(H2,6,7)(H,8,9);1,3H2,(H2,4,5). The van der Waals surface area contributed by atoms with Crippen molar-refractivity contribution in [3.63, 3.8) is 0 Å². The third-order valence-corrected chi connectivity index (χ3v) is 0.939. The van der Waals surface area contributed by atoms with Crippen molar-refractivity contribution in [3.8, 4) is 0 Å². The average Bonchev–Trinajstić information content (AvgIpc) is 2.04. The van der Waals surface area contributed by atoms with Crippen molar-refractivity contribution in [2.45, 2.75) is 12.5 Å². The molecule has 9 N–H and O–H groups in total. The number of nitrogens with two attached hydrogens (primary N) is 4. The van der Waals surface area contributed by atoms with Gasteiger partial charge in [-0.2, -0.15) is 0 Å². The number of rotatable bonds is 4. The van der Waals surface area contributed by atoms with Crippen LogP contribution in [0, 0.1) is 0 Å². The van der Waals surface area contributed by atoms with Gasteiger partial charge in [0.05, 0.1) is 13.0 Å². The van der Waals surface area contributed by atoms with Crippen LogP contribution in [0.4, 0.5) is 0 Å². The summed E-state index contributed by atoms with van der Waals surface area (Å²) in [6.07, 6.45) is -0.310. The second kappa shape index (κ2) is 7.95. The molecule has 0 saturated heterocycles. The van der Waals surface area contributed by atoms with Gasteiger partial charge in [0.1, 0.15) is 6.04 Å². The zero-order valence-electron chi connectivity index (χ0n) is 7.47. The second-order valence-electron chi connectivity index (χ2n) is 2.29. The molecule has 0 heterocycles. The molecule has 0 radical (unpaired) electrons. The number of hydrogen-bond donors (Lipinski definition) is 5. The van der Waals surface area contributed by atoms with Crippen LogP contribution in [0.5, 0.6) is 0 Å². The molecule has 0 aliphatic carbocycles. The molecule has 0 aromatic carbocycles. The molecule has 82 valence electrons. The Hall–Kier alpha value is -1.67. The van der Waals surface area contributed by atoms with E-state index in [1.165, 1.54) is 0 Å². The molecule has 0 aromatic rings. The van der Waals surface area contributed by atoms with Crippen molar-refractivity contribution in [1.29, 1.82) is 0 Å². The fraction of sp³-hybridized carbons (Fsp3) is 0.500. The van der Waals surface area contributed by atoms with Gasteiger partial charge in [0.25, 0.3) is 0 Å². The average molecular weight is 206 g/mol. The summed E-state index contributed by atoms with van der Waals surface area (Å²) < 4.78 is 0. The Morgan fingerprint density at radius 1 is 1.14 bits per heavy atom. The SMILES string of the molecule is NC(=O)CC(N)C(=O)O.NCC(N)=O. The first-order valence-electron chi connectivity index (χ1n) is 3.56. The van der Waals surface area contributed by atoms with Gasteiger partial charge in [-0.15, -0.1) is 0 Å². The number of carboxylic acids is 1. The number of carbonyl (C=O) groups is 3. The van der Waals surface area contributed by atoms with E-state index in [0.29, 0.717) is 0 Å². The number of hydrogen-bond acceptors (Lipinski definition) is 5. The summed E-state index contributed by atoms with van der Waals surface area (Å²) in [5.74, 6) is -2.39. The Balaban J connectivity index is 0. The van der Waals surface area contributed by atoms with E-state index >= 15 is 0 Å². The lowest BCUT2D eigenvalue weighted by Crippen LogP contribution is -2.34. The minimum absolute atomic E-state index is 0.0556. The third kappa shape index (κ3) is 13.0. The summed E-state index contributed by atoms with van der Waals surface area (Å²) in [6.45, 7) is -0.0556. The normalized spacial score (nSPS) is 10.7. The van der Waals surface area contributed by atoms with E-state index in [0.717, 1.165) is 0 Å². The molecule has 0 aliphatic heterocycles. The van der Waals surface area contributed by atoms with E-state index in [-0.39, 0.29) is 13.0 Å². The fourth-order valence-corrected chi connectivity index (χ4v) is 0.304. The highest BCUT2D eigenvalue weighted by molar-refractivity contribution is 5.83. The molecule has 8 heteroatoms. The molecule has 0 bridgehead atoms. The van der Waals surface area contributed by atoms with Gasteiger partial charge >= 0.3 is 5.97 Å². The van der Waals surface area contributed by atoms with Crippen LogP contribution in [-0.2, 0) is 14.4 Å². The van der Waals surface area contributed by atoms with Crippen LogP contribution < -0.4 is 22.9 Å². The van der Waals surface area contributed by atoms with E-state index in [1.54, 1.807) is 0 Å². The molecule has 0 aliphatic rings. The molecular weight excluding hydrogens is 192 g/mol. The quantitative estimate of drug-likeness (QED) is 0.322. The Labute approximate surface area is 80.2 Å². The van der Waals surface area contributed by atoms with Gasteiger partial charge in [-0.05, 0) is 0 Å². The number of aliphatic carboxylic acids is 1. The van der Waals surface area contributed by atoms with Gasteiger partial charge in [-0.3, -0.25) is 14.4 Å². The Bertz CT molecular complexity index is 218. The van der Waals surface area contributed by atoms with Gasteiger partial charge in [-0.1, -0.05) is 0 Å². The topological polar surface area (TPSA) is 176 Å². The van der Waals surface area contributed by atoms with Gasteiger partial charge in [0, 0.05) is 0 Å². The Kier molecular flexibility index (Phi) is 8.43. The molecule has 8 nitrogen and oxygen atoms in total. The first-order valence-corrected chi connectivity index (χ1v) is 3.56. The van der Waals surface area contributed by atoms with Crippen LogP contribution in [0.15, 0.2) is 0 Å². The van der Waals surface area contributed by atoms with E-state index < -0.39 is 23.8 Å². The number of primary amides is 2. The fourth-order valence-electron chi connectivity index (χ4n) is 0.304. The molecule has 0 aromatic heterocycles. The largest absolute Gasteiger partial charge is 0.480 e. The lowest BCUT2D eigenvalue weighted by molar-refractivity contribution is -0.140. The van der Waals surface area contributed by atoms with E-state index in [1.807, 2.05) is 0 Å². The molecule has 2 amide bonds. The molecule has 0 rings (SSSR count). The third-order valence-electron chi connectivity index (χ3n) is 0.939. The first kappa shape index (κ1) is 14.8. The lowest BCUT2D eigenvalue weighted by atomic mass is 10.2. The van der Waals surface area contributed by atoms with Crippen molar-refractivity contribution in [1.82, 2.24) is 0 Å². The monoisotopic (exact) mass is 206 g/mol. The summed E-state index contributed by atoms with van der Waals surface area (Å²) >= 11 is 0. The maximum Gasteiger partial charge on any atom is 0.321 e. The van der Waals surface area contributed by atoms with Gasteiger partial charge in [-0.25, -0.2) is 0 Å². The van der Waals surface area contributed by atoms with Crippen LogP contribution in [0.25, 0.3) is 0 Å². The molecule has 0 saturated carbocycles. The highest BCUT2D eigenvalue weighted by atomic mass is 16.4. The molecule has 1 atom stereocenters. The number of carbonyl (C=O) groups excluding carboxylic acids is 2. The predicted octanol–water partition coefficient (Wildman–Crippen LogP) is -3.30. The van der Waals surface area contributed by atoms with Crippen LogP contribution >= 0.6 is 0 Å². The summed E-state index contributed by atoms with van der Waals surface area (Å²) in [5, 5.41) is 8.10. The Morgan fingerprint density at radius 2 is 1.50 bits per heavy atom. The zero-order valence-corrected chi connectivity index (χ0v) is 7.47. The molecule has 0 fully saturated rings. The predicted molar refractivity (Wildman–Crippen MR) is 47.7 cm³/mol. The summed E-state index contributed by atoms with van der Waals surface area (Å²) in [5.41, 5.74) is 18.8. The van der Waals surface area contributed by atoms with Crippen LogP contribution in [0.1, 0.15) is 6.42 Å². The summed E-state index contributed by atoms with van der Waals surface area (Å²) in [6, 6.07) is -1.16. The van der Waals surface area contributed by atoms with Crippen molar-refractivity contribution in [2.24, 2.45) is 22.9 Å². The maximum atomic E-state index is 9.99. The van der Waals surface area contributed by atoms with Crippen molar-refractivity contribution < 1.29 is 19.5 Å². The number of amides is 2. The lowest BCUT2D eigenvalue weighted by Gasteiger charge is -1.99. The summed E-state index contributed by atoms with van der Waals surface area (Å²) in [4.78, 5) is 29.4. The van der Waals surface area contributed by atoms with Crippen molar-refractivity contribution in [2.75, 3.05) is 6.54 Å². The minimum Gasteiger partial charge on any atom is -0.480 e. The second-order valence-corrected chi connectivity index (χ2v) is 2.29. The van der Waals surface area contributed by atoms with E-state index in [9.17, 15) is 14.4 Å². The smallest absolute Gasteiger partial charge is 0.321 e. The van der Waals surface area contributed by atoms with Crippen LogP contribution in [0.3, 0.4) is 0 Å². The summed E-state index contributed by atoms with van der Waals surface area (Å²) in [7, 11) is 0. The van der Waals surface area contributed by atoms with E-state index in [4.69, 9.17) is 16.6 Å². The zero-order chi connectivity index (χ0) is 11.7. The van der Waals surface area contributed by atoms with Crippen molar-refractivity contribution in [3.05, 3.63) is 0 Å². The molecule has 0 spiro atoms. The molecule has 14 heavy (non-hydrogen) atoms. The molecular formula is C6H14N4O4. The van der Waals surface area contributed by atoms with Gasteiger partial charge in [0.2, 0.25) is 11.8 Å². The highest BCUT2D eigenvalue weighted by Gasteiger charge is 2.13. The van der Waals surface area contributed by atoms with Gasteiger partial charge < -0.3 is 28.0 Å². The maximum absolute atomic E-state index is 9.99. The van der Waals surface area contributed by atoms with Gasteiger partial charge in [0.15, 0.2) is 0 Å². The minimum atomic E-state index is -1.21. The number of carboxylic acid groups (broad SMARTS) is 1. The van der Waals surface area contributed by atoms with Crippen LogP contribution in [0.2, 0.25) is 0 Å². The van der Waals surface area contributed by atoms with E-state index in [2.05, 4.69) is 11.5 Å². The highest BCUT2D eigenvalue weighted by Crippen LogP contribution is 1.84. The van der Waals surface area contributed by atoms with Crippen molar-refractivity contribution >= 4 is 17.8 Å². The van der Waals surface area contributed by atoms with Crippen LogP contribution in [-0.4, -0.2) is 35.5 Å². The first-order chi connectivity index (χ1) is 6.31. The Morgan fingerprint density at radius 3 is 1.57 bits per heavy atom. The molecule has 1 unspecified atom stereocenters.